The number of piperazine rings is 1. The van der Waals surface area contributed by atoms with Gasteiger partial charge < -0.3 is 9.80 Å². The molecule has 1 amide bonds. The summed E-state index contributed by atoms with van der Waals surface area (Å²) >= 11 is 0. The molecule has 0 N–H and O–H groups in total. The molecule has 0 atom stereocenters. The lowest BCUT2D eigenvalue weighted by molar-refractivity contribution is -0.129. The minimum Gasteiger partial charge on any atom is -0.353 e. The summed E-state index contributed by atoms with van der Waals surface area (Å²) in [6.45, 7) is 6.74. The smallest absolute Gasteiger partial charge is 0.219 e. The number of hydrogen-bond acceptors (Lipinski definition) is 4. The van der Waals surface area contributed by atoms with E-state index in [2.05, 4.69) is 14.9 Å². The Kier molecular flexibility index (Phi) is 3.92. The number of rotatable bonds is 2. The van der Waals surface area contributed by atoms with Gasteiger partial charge in [-0.3, -0.25) is 4.79 Å². The first-order chi connectivity index (χ1) is 8.70. The third-order valence-corrected chi connectivity index (χ3v) is 3.02. The number of anilines is 1. The van der Waals surface area contributed by atoms with E-state index in [1.165, 1.54) is 0 Å². The fourth-order valence-corrected chi connectivity index (χ4v) is 2.02. The first-order valence-corrected chi connectivity index (χ1v) is 6.17. The molecule has 0 aliphatic carbocycles. The van der Waals surface area contributed by atoms with Gasteiger partial charge in [-0.1, -0.05) is 6.08 Å². The summed E-state index contributed by atoms with van der Waals surface area (Å²) < 4.78 is 0. The molecule has 0 bridgehead atoms. The van der Waals surface area contributed by atoms with Crippen LogP contribution in [0.25, 0.3) is 6.08 Å². The van der Waals surface area contributed by atoms with Gasteiger partial charge in [-0.25, -0.2) is 9.97 Å². The lowest BCUT2D eigenvalue weighted by atomic mass is 10.3. The second-order valence-corrected chi connectivity index (χ2v) is 4.27. The number of amides is 1. The Hall–Kier alpha value is -1.91. The number of carbonyl (C=O) groups excluding carboxylic acids is 1. The lowest BCUT2D eigenvalue weighted by Gasteiger charge is -2.34. The van der Waals surface area contributed by atoms with Crippen molar-refractivity contribution in [2.75, 3.05) is 31.1 Å². The maximum Gasteiger partial charge on any atom is 0.219 e. The van der Waals surface area contributed by atoms with Crippen molar-refractivity contribution in [3.05, 3.63) is 24.2 Å². The third kappa shape index (κ3) is 2.85. The lowest BCUT2D eigenvalue weighted by Crippen LogP contribution is -2.48. The van der Waals surface area contributed by atoms with E-state index in [-0.39, 0.29) is 5.91 Å². The average Bonchev–Trinajstić information content (AvgIpc) is 2.39. The highest BCUT2D eigenvalue weighted by molar-refractivity contribution is 5.73. The second kappa shape index (κ2) is 5.62. The zero-order valence-electron chi connectivity index (χ0n) is 10.8. The van der Waals surface area contributed by atoms with E-state index in [1.54, 1.807) is 13.1 Å². The Morgan fingerprint density at radius 3 is 2.67 bits per heavy atom. The summed E-state index contributed by atoms with van der Waals surface area (Å²) in [6, 6.07) is 1.91. The van der Waals surface area contributed by atoms with Crippen LogP contribution in [0, 0.1) is 0 Å². The minimum atomic E-state index is 0.145. The molecule has 5 nitrogen and oxygen atoms in total. The Balaban J connectivity index is 2.05. The molecule has 0 saturated carbocycles. The first-order valence-electron chi connectivity index (χ1n) is 6.17. The summed E-state index contributed by atoms with van der Waals surface area (Å²) in [5.74, 6) is 1.80. The van der Waals surface area contributed by atoms with Gasteiger partial charge in [0.15, 0.2) is 5.82 Å². The highest BCUT2D eigenvalue weighted by Gasteiger charge is 2.19. The van der Waals surface area contributed by atoms with Crippen LogP contribution >= 0.6 is 0 Å². The van der Waals surface area contributed by atoms with Crippen molar-refractivity contribution in [3.63, 3.8) is 0 Å². The molecule has 1 aliphatic heterocycles. The van der Waals surface area contributed by atoms with Crippen molar-refractivity contribution in [3.8, 4) is 0 Å². The molecule has 0 aromatic carbocycles. The Morgan fingerprint density at radius 1 is 1.33 bits per heavy atom. The van der Waals surface area contributed by atoms with Gasteiger partial charge in [0, 0.05) is 39.3 Å². The largest absolute Gasteiger partial charge is 0.353 e. The number of carbonyl (C=O) groups is 1. The van der Waals surface area contributed by atoms with E-state index in [4.69, 9.17) is 0 Å². The Bertz CT molecular complexity index is 450. The van der Waals surface area contributed by atoms with Crippen LogP contribution in [0.4, 0.5) is 5.82 Å². The fraction of sp³-hybridized carbons (Fsp3) is 0.462. The molecule has 1 aliphatic rings. The van der Waals surface area contributed by atoms with E-state index in [0.29, 0.717) is 0 Å². The standard InChI is InChI=1S/C13H18N4O/c1-3-4-12-14-6-5-13(15-12)17-9-7-16(8-10-17)11(2)18/h3-6H,7-10H2,1-2H3/b4-3+. The SMILES string of the molecule is C/C=C/c1nccc(N2CCN(C(C)=O)CC2)n1. The van der Waals surface area contributed by atoms with Gasteiger partial charge in [0.05, 0.1) is 0 Å². The van der Waals surface area contributed by atoms with Crippen molar-refractivity contribution in [1.82, 2.24) is 14.9 Å². The molecule has 1 fully saturated rings. The summed E-state index contributed by atoms with van der Waals surface area (Å²) in [7, 11) is 0. The molecule has 18 heavy (non-hydrogen) atoms. The van der Waals surface area contributed by atoms with Crippen molar-refractivity contribution in [1.29, 1.82) is 0 Å². The van der Waals surface area contributed by atoms with Crippen molar-refractivity contribution < 1.29 is 4.79 Å². The van der Waals surface area contributed by atoms with Crippen LogP contribution in [0.15, 0.2) is 18.3 Å². The molecule has 96 valence electrons. The third-order valence-electron chi connectivity index (χ3n) is 3.02. The predicted molar refractivity (Wildman–Crippen MR) is 71.2 cm³/mol. The Labute approximate surface area is 107 Å². The van der Waals surface area contributed by atoms with Gasteiger partial charge in [-0.05, 0) is 19.1 Å². The molecule has 1 saturated heterocycles. The van der Waals surface area contributed by atoms with Crippen LogP contribution in [0.5, 0.6) is 0 Å². The van der Waals surface area contributed by atoms with Crippen LogP contribution in [0.2, 0.25) is 0 Å². The minimum absolute atomic E-state index is 0.145. The van der Waals surface area contributed by atoms with Gasteiger partial charge in [-0.15, -0.1) is 0 Å². The summed E-state index contributed by atoms with van der Waals surface area (Å²) in [4.78, 5) is 24.0. The van der Waals surface area contributed by atoms with E-state index in [1.807, 2.05) is 30.0 Å². The zero-order valence-corrected chi connectivity index (χ0v) is 10.8. The number of nitrogens with zero attached hydrogens (tertiary/aromatic N) is 4. The van der Waals surface area contributed by atoms with Gasteiger partial charge in [0.25, 0.3) is 0 Å². The van der Waals surface area contributed by atoms with E-state index < -0.39 is 0 Å². The second-order valence-electron chi connectivity index (χ2n) is 4.27. The van der Waals surface area contributed by atoms with E-state index in [0.717, 1.165) is 37.8 Å². The Morgan fingerprint density at radius 2 is 2.06 bits per heavy atom. The summed E-state index contributed by atoms with van der Waals surface area (Å²) in [5.41, 5.74) is 0. The van der Waals surface area contributed by atoms with Gasteiger partial charge in [0.1, 0.15) is 5.82 Å². The number of aromatic nitrogens is 2. The maximum absolute atomic E-state index is 11.3. The van der Waals surface area contributed by atoms with Crippen LogP contribution in [0.3, 0.4) is 0 Å². The molecule has 1 aromatic rings. The monoisotopic (exact) mass is 246 g/mol. The molecule has 5 heteroatoms. The quantitative estimate of drug-likeness (QED) is 0.786. The van der Waals surface area contributed by atoms with Crippen molar-refractivity contribution in [2.24, 2.45) is 0 Å². The van der Waals surface area contributed by atoms with Crippen molar-refractivity contribution >= 4 is 17.8 Å². The normalized spacial score (nSPS) is 16.3. The molecular formula is C13H18N4O. The van der Waals surface area contributed by atoms with Gasteiger partial charge in [0.2, 0.25) is 5.91 Å². The molecule has 0 spiro atoms. The zero-order chi connectivity index (χ0) is 13.0. The molecule has 0 unspecified atom stereocenters. The highest BCUT2D eigenvalue weighted by Crippen LogP contribution is 2.13. The maximum atomic E-state index is 11.3. The predicted octanol–water partition coefficient (Wildman–Crippen LogP) is 1.18. The van der Waals surface area contributed by atoms with Gasteiger partial charge >= 0.3 is 0 Å². The van der Waals surface area contributed by atoms with Crippen LogP contribution in [-0.2, 0) is 4.79 Å². The van der Waals surface area contributed by atoms with E-state index in [9.17, 15) is 4.79 Å². The fourth-order valence-electron chi connectivity index (χ4n) is 2.02. The summed E-state index contributed by atoms with van der Waals surface area (Å²) in [5, 5.41) is 0. The van der Waals surface area contributed by atoms with Crippen molar-refractivity contribution in [2.45, 2.75) is 13.8 Å². The topological polar surface area (TPSA) is 49.3 Å². The van der Waals surface area contributed by atoms with Gasteiger partial charge in [-0.2, -0.15) is 0 Å². The highest BCUT2D eigenvalue weighted by atomic mass is 16.2. The summed E-state index contributed by atoms with van der Waals surface area (Å²) in [6.07, 6.45) is 5.58. The number of allylic oxidation sites excluding steroid dienone is 1. The van der Waals surface area contributed by atoms with E-state index >= 15 is 0 Å². The first kappa shape index (κ1) is 12.5. The molecule has 1 aromatic heterocycles. The number of hydrogen-bond donors (Lipinski definition) is 0. The molecule has 2 heterocycles. The molecule has 2 rings (SSSR count). The molecule has 0 radical (unpaired) electrons. The van der Waals surface area contributed by atoms with Crippen LogP contribution in [0.1, 0.15) is 19.7 Å². The molecular weight excluding hydrogens is 228 g/mol. The van der Waals surface area contributed by atoms with Crippen LogP contribution in [-0.4, -0.2) is 47.0 Å². The average molecular weight is 246 g/mol. The van der Waals surface area contributed by atoms with Crippen LogP contribution < -0.4 is 4.90 Å².